The Morgan fingerprint density at radius 1 is 1.13 bits per heavy atom. The molecule has 30 heavy (non-hydrogen) atoms. The number of hydrogen-bond acceptors (Lipinski definition) is 7. The Bertz CT molecular complexity index is 1150. The molecule has 0 radical (unpaired) electrons. The van der Waals surface area contributed by atoms with Crippen molar-refractivity contribution in [3.05, 3.63) is 59.6 Å². The van der Waals surface area contributed by atoms with Crippen molar-refractivity contribution < 1.29 is 14.3 Å². The van der Waals surface area contributed by atoms with E-state index in [1.807, 2.05) is 37.3 Å². The molecule has 5 rings (SSSR count). The highest BCUT2D eigenvalue weighted by atomic mass is 16.5. The second kappa shape index (κ2) is 7.29. The number of Topliss-reactive ketones (excluding diaryl/α,β-unsaturated/α-hetero) is 1. The molecule has 3 aromatic rings. The molecule has 1 unspecified atom stereocenters. The highest BCUT2D eigenvalue weighted by molar-refractivity contribution is 5.96. The zero-order chi connectivity index (χ0) is 20.7. The van der Waals surface area contributed by atoms with E-state index in [1.165, 1.54) is 0 Å². The number of anilines is 1. The minimum atomic E-state index is -0.418. The molecule has 2 aromatic heterocycles. The van der Waals surface area contributed by atoms with Gasteiger partial charge in [-0.15, -0.1) is 5.10 Å². The molecule has 0 amide bonds. The van der Waals surface area contributed by atoms with Crippen molar-refractivity contribution >= 4 is 11.7 Å². The van der Waals surface area contributed by atoms with E-state index in [0.29, 0.717) is 42.1 Å². The summed E-state index contributed by atoms with van der Waals surface area (Å²) in [5, 5.41) is 7.96. The van der Waals surface area contributed by atoms with Crippen LogP contribution in [-0.2, 0) is 4.79 Å². The fraction of sp³-hybridized carbons (Fsp3) is 0.273. The summed E-state index contributed by atoms with van der Waals surface area (Å²) in [6.07, 6.45) is 4.24. The lowest BCUT2D eigenvalue weighted by atomic mass is 9.93. The summed E-state index contributed by atoms with van der Waals surface area (Å²) in [6, 6.07) is 9.08. The molecule has 8 heteroatoms. The van der Waals surface area contributed by atoms with Gasteiger partial charge >= 0.3 is 0 Å². The number of carbonyl (C=O) groups excluding carboxylic acids is 1. The first-order chi connectivity index (χ1) is 14.6. The van der Waals surface area contributed by atoms with Gasteiger partial charge in [0.2, 0.25) is 5.95 Å². The van der Waals surface area contributed by atoms with Crippen molar-refractivity contribution in [2.24, 2.45) is 0 Å². The van der Waals surface area contributed by atoms with Gasteiger partial charge in [-0.1, -0.05) is 6.07 Å². The summed E-state index contributed by atoms with van der Waals surface area (Å²) in [7, 11) is 0. The number of fused-ring (bicyclic) bond motifs is 2. The third-order valence-corrected chi connectivity index (χ3v) is 5.26. The van der Waals surface area contributed by atoms with Crippen molar-refractivity contribution in [3.8, 4) is 22.9 Å². The number of hydrogen-bond donors (Lipinski definition) is 1. The van der Waals surface area contributed by atoms with E-state index < -0.39 is 6.04 Å². The number of nitrogens with one attached hydrogen (secondary N) is 1. The number of ketones is 1. The Kier molecular flexibility index (Phi) is 4.46. The van der Waals surface area contributed by atoms with Crippen LogP contribution in [-0.4, -0.2) is 38.7 Å². The molecule has 8 nitrogen and oxygen atoms in total. The van der Waals surface area contributed by atoms with Gasteiger partial charge in [0.15, 0.2) is 23.1 Å². The minimum Gasteiger partial charge on any atom is -0.490 e. The molecule has 2 aliphatic heterocycles. The van der Waals surface area contributed by atoms with Gasteiger partial charge in [-0.3, -0.25) is 9.78 Å². The van der Waals surface area contributed by atoms with Crippen LogP contribution < -0.4 is 14.8 Å². The average molecular weight is 403 g/mol. The van der Waals surface area contributed by atoms with Gasteiger partial charge in [0, 0.05) is 35.6 Å². The number of ether oxygens (including phenoxy) is 2. The molecular weight excluding hydrogens is 382 g/mol. The highest BCUT2D eigenvalue weighted by Gasteiger charge is 2.33. The zero-order valence-electron chi connectivity index (χ0n) is 16.8. The van der Waals surface area contributed by atoms with Crippen molar-refractivity contribution in [2.75, 3.05) is 18.5 Å². The smallest absolute Gasteiger partial charge is 0.226 e. The van der Waals surface area contributed by atoms with Crippen LogP contribution in [0.5, 0.6) is 11.5 Å². The Morgan fingerprint density at radius 2 is 1.90 bits per heavy atom. The summed E-state index contributed by atoms with van der Waals surface area (Å²) < 4.78 is 13.4. The van der Waals surface area contributed by atoms with Crippen molar-refractivity contribution in [1.29, 1.82) is 0 Å². The molecule has 0 fully saturated rings. The van der Waals surface area contributed by atoms with Gasteiger partial charge in [0.05, 0.1) is 13.2 Å². The maximum Gasteiger partial charge on any atom is 0.226 e. The lowest BCUT2D eigenvalue weighted by Crippen LogP contribution is -2.27. The molecule has 0 saturated carbocycles. The third kappa shape index (κ3) is 3.10. The molecule has 152 valence electrons. The average Bonchev–Trinajstić information content (AvgIpc) is 3.02. The normalized spacial score (nSPS) is 17.7. The van der Waals surface area contributed by atoms with E-state index >= 15 is 0 Å². The Morgan fingerprint density at radius 3 is 2.67 bits per heavy atom. The summed E-state index contributed by atoms with van der Waals surface area (Å²) >= 11 is 0. The predicted molar refractivity (Wildman–Crippen MR) is 110 cm³/mol. The van der Waals surface area contributed by atoms with E-state index in [2.05, 4.69) is 15.3 Å². The first-order valence-electron chi connectivity index (χ1n) is 9.87. The summed E-state index contributed by atoms with van der Waals surface area (Å²) in [5.41, 5.74) is 3.15. The largest absolute Gasteiger partial charge is 0.490 e. The van der Waals surface area contributed by atoms with Gasteiger partial charge < -0.3 is 14.8 Å². The van der Waals surface area contributed by atoms with E-state index in [1.54, 1.807) is 24.0 Å². The molecule has 4 heterocycles. The Labute approximate surface area is 173 Å². The lowest BCUT2D eigenvalue weighted by molar-refractivity contribution is -0.114. The summed E-state index contributed by atoms with van der Waals surface area (Å²) in [5.74, 6) is 2.52. The number of benzene rings is 1. The summed E-state index contributed by atoms with van der Waals surface area (Å²) in [4.78, 5) is 21.3. The molecule has 0 saturated heterocycles. The van der Waals surface area contributed by atoms with E-state index in [4.69, 9.17) is 14.6 Å². The molecule has 1 N–H and O–H groups in total. The number of aromatic nitrogens is 4. The topological polar surface area (TPSA) is 91.2 Å². The number of pyridine rings is 1. The highest BCUT2D eigenvalue weighted by Crippen LogP contribution is 2.40. The quantitative estimate of drug-likeness (QED) is 0.717. The van der Waals surface area contributed by atoms with Crippen molar-refractivity contribution in [1.82, 2.24) is 19.7 Å². The van der Waals surface area contributed by atoms with Crippen LogP contribution >= 0.6 is 0 Å². The van der Waals surface area contributed by atoms with Crippen LogP contribution in [0, 0.1) is 0 Å². The van der Waals surface area contributed by atoms with Crippen molar-refractivity contribution in [3.63, 3.8) is 0 Å². The first kappa shape index (κ1) is 18.4. The van der Waals surface area contributed by atoms with Gasteiger partial charge in [0.25, 0.3) is 0 Å². The summed E-state index contributed by atoms with van der Waals surface area (Å²) in [6.45, 7) is 4.68. The maximum absolute atomic E-state index is 12.6. The third-order valence-electron chi connectivity index (χ3n) is 5.26. The minimum absolute atomic E-state index is 0.0243. The second-order valence-corrected chi connectivity index (χ2v) is 7.32. The van der Waals surface area contributed by atoms with Crippen LogP contribution in [0.25, 0.3) is 11.4 Å². The van der Waals surface area contributed by atoms with Gasteiger partial charge in [0.1, 0.15) is 6.04 Å². The lowest BCUT2D eigenvalue weighted by Gasteiger charge is -2.28. The number of nitrogens with zero attached hydrogens (tertiary/aromatic N) is 4. The molecule has 1 atom stereocenters. The number of allylic oxidation sites excluding steroid dienone is 2. The van der Waals surface area contributed by atoms with Gasteiger partial charge in [-0.05, 0) is 43.7 Å². The Balaban J connectivity index is 1.65. The first-order valence-corrected chi connectivity index (χ1v) is 9.87. The van der Waals surface area contributed by atoms with Crippen LogP contribution in [0.4, 0.5) is 5.95 Å². The van der Waals surface area contributed by atoms with Gasteiger partial charge in [-0.25, -0.2) is 4.68 Å². The Hall–Kier alpha value is -3.68. The maximum atomic E-state index is 12.6. The number of rotatable bonds is 3. The van der Waals surface area contributed by atoms with Gasteiger partial charge in [-0.2, -0.15) is 4.98 Å². The predicted octanol–water partition coefficient (Wildman–Crippen LogP) is 3.38. The van der Waals surface area contributed by atoms with Crippen LogP contribution in [0.1, 0.15) is 31.9 Å². The molecule has 1 aromatic carbocycles. The second-order valence-electron chi connectivity index (χ2n) is 7.32. The van der Waals surface area contributed by atoms with Crippen LogP contribution in [0.15, 0.2) is 54.0 Å². The SMILES string of the molecule is CC(=O)C1=C(C)Nc2nc(-c3ccncc3)nn2C1c1ccc2c(c1)OCCCO2. The monoisotopic (exact) mass is 403 g/mol. The molecular formula is C22H21N5O3. The molecule has 0 aliphatic carbocycles. The zero-order valence-corrected chi connectivity index (χ0v) is 16.8. The molecule has 2 aliphatic rings. The van der Waals surface area contributed by atoms with Crippen LogP contribution in [0.2, 0.25) is 0 Å². The van der Waals surface area contributed by atoms with E-state index in [9.17, 15) is 4.79 Å². The van der Waals surface area contributed by atoms with Crippen LogP contribution in [0.3, 0.4) is 0 Å². The fourth-order valence-corrected chi connectivity index (χ4v) is 3.89. The molecule has 0 spiro atoms. The molecule has 0 bridgehead atoms. The standard InChI is InChI=1S/C22H21N5O3/c1-13-19(14(2)28)20(16-4-5-17-18(12-16)30-11-3-10-29-17)27-22(24-13)25-21(26-27)15-6-8-23-9-7-15/h4-9,12,20H,3,10-11H2,1-2H3,(H,24,25,26). The van der Waals surface area contributed by atoms with E-state index in [-0.39, 0.29) is 5.78 Å². The number of carbonyl (C=O) groups is 1. The fourth-order valence-electron chi connectivity index (χ4n) is 3.89. The van der Waals surface area contributed by atoms with E-state index in [0.717, 1.165) is 23.2 Å². The van der Waals surface area contributed by atoms with Crippen molar-refractivity contribution in [2.45, 2.75) is 26.3 Å².